The highest BCUT2D eigenvalue weighted by molar-refractivity contribution is 9.10. The lowest BCUT2D eigenvalue weighted by molar-refractivity contribution is 0.102. The molecule has 1 N–H and O–H groups in total. The molecule has 3 aromatic rings. The lowest BCUT2D eigenvalue weighted by Gasteiger charge is -2.05. The Morgan fingerprint density at radius 2 is 2.25 bits per heavy atom. The van der Waals surface area contributed by atoms with Crippen LogP contribution in [0.4, 0.5) is 10.1 Å². The Bertz CT molecular complexity index is 802. The fourth-order valence-electron chi connectivity index (χ4n) is 1.77. The third-order valence-corrected chi connectivity index (χ3v) is 3.20. The molecule has 5 nitrogen and oxygen atoms in total. The number of benzene rings is 1. The van der Waals surface area contributed by atoms with Gasteiger partial charge in [0.2, 0.25) is 0 Å². The summed E-state index contributed by atoms with van der Waals surface area (Å²) in [5.41, 5.74) is 0.809. The Hall–Kier alpha value is -2.28. The van der Waals surface area contributed by atoms with Crippen LogP contribution in [0.15, 0.2) is 47.3 Å². The molecule has 0 aliphatic rings. The Balaban J connectivity index is 1.93. The van der Waals surface area contributed by atoms with E-state index in [4.69, 9.17) is 0 Å². The molecule has 2 aromatic heterocycles. The van der Waals surface area contributed by atoms with Gasteiger partial charge in [-0.25, -0.2) is 13.9 Å². The van der Waals surface area contributed by atoms with E-state index in [0.29, 0.717) is 10.1 Å². The van der Waals surface area contributed by atoms with E-state index in [1.165, 1.54) is 22.8 Å². The number of carbonyl (C=O) groups excluding carboxylic acids is 1. The number of fused-ring (bicyclic) bond motifs is 1. The van der Waals surface area contributed by atoms with Gasteiger partial charge in [-0.3, -0.25) is 4.79 Å². The fourth-order valence-corrected chi connectivity index (χ4v) is 2.10. The van der Waals surface area contributed by atoms with Gasteiger partial charge in [0.1, 0.15) is 11.4 Å². The predicted octanol–water partition coefficient (Wildman–Crippen LogP) is 2.88. The maximum absolute atomic E-state index is 13.7. The lowest BCUT2D eigenvalue weighted by Crippen LogP contribution is -2.13. The van der Waals surface area contributed by atoms with Crippen LogP contribution in [0.5, 0.6) is 0 Å². The summed E-state index contributed by atoms with van der Waals surface area (Å²) in [6, 6.07) is 6.11. The van der Waals surface area contributed by atoms with Crippen LogP contribution in [0, 0.1) is 5.82 Å². The van der Waals surface area contributed by atoms with Crippen molar-refractivity contribution in [3.8, 4) is 0 Å². The summed E-state index contributed by atoms with van der Waals surface area (Å²) in [5, 5.41) is 6.51. The largest absolute Gasteiger partial charge is 0.319 e. The number of rotatable bonds is 2. The topological polar surface area (TPSA) is 59.3 Å². The maximum Gasteiger partial charge on any atom is 0.261 e. The van der Waals surface area contributed by atoms with Crippen molar-refractivity contribution in [1.82, 2.24) is 14.6 Å². The normalized spacial score (nSPS) is 10.7. The smallest absolute Gasteiger partial charge is 0.261 e. The van der Waals surface area contributed by atoms with Gasteiger partial charge in [-0.05, 0) is 24.3 Å². The second kappa shape index (κ2) is 5.01. The monoisotopic (exact) mass is 334 g/mol. The van der Waals surface area contributed by atoms with Gasteiger partial charge < -0.3 is 5.32 Å². The standard InChI is InChI=1S/C13H8BrFN4O/c14-8-2-3-11(10(15)6-8)18-13(20)9-7-17-19-5-1-4-16-12(9)19/h1-7H,(H,18,20). The van der Waals surface area contributed by atoms with Crippen molar-refractivity contribution in [1.29, 1.82) is 0 Å². The first-order valence-corrected chi connectivity index (χ1v) is 6.49. The first kappa shape index (κ1) is 12.7. The molecule has 7 heteroatoms. The molecule has 0 aliphatic carbocycles. The molecule has 0 radical (unpaired) electrons. The highest BCUT2D eigenvalue weighted by Crippen LogP contribution is 2.20. The molecule has 2 heterocycles. The summed E-state index contributed by atoms with van der Waals surface area (Å²) in [4.78, 5) is 16.2. The summed E-state index contributed by atoms with van der Waals surface area (Å²) in [7, 11) is 0. The molecule has 0 aliphatic heterocycles. The van der Waals surface area contributed by atoms with Crippen molar-refractivity contribution in [2.24, 2.45) is 0 Å². The summed E-state index contributed by atoms with van der Waals surface area (Å²) in [6.45, 7) is 0. The van der Waals surface area contributed by atoms with Crippen LogP contribution in [-0.2, 0) is 0 Å². The van der Waals surface area contributed by atoms with Crippen LogP contribution in [-0.4, -0.2) is 20.5 Å². The van der Waals surface area contributed by atoms with Crippen LogP contribution >= 0.6 is 15.9 Å². The SMILES string of the molecule is O=C(Nc1ccc(Br)cc1F)c1cnn2cccnc12. The van der Waals surface area contributed by atoms with E-state index in [0.717, 1.165) is 0 Å². The van der Waals surface area contributed by atoms with Gasteiger partial charge in [-0.1, -0.05) is 15.9 Å². The van der Waals surface area contributed by atoms with Crippen molar-refractivity contribution >= 4 is 33.2 Å². The number of halogens is 2. The van der Waals surface area contributed by atoms with Crippen molar-refractivity contribution in [2.75, 3.05) is 5.32 Å². The van der Waals surface area contributed by atoms with E-state index in [9.17, 15) is 9.18 Å². The number of hydrogen-bond donors (Lipinski definition) is 1. The number of amides is 1. The molecule has 0 fully saturated rings. The van der Waals surface area contributed by atoms with Gasteiger partial charge in [-0.2, -0.15) is 5.10 Å². The number of carbonyl (C=O) groups is 1. The fraction of sp³-hybridized carbons (Fsp3) is 0. The average Bonchev–Trinajstić information content (AvgIpc) is 2.86. The number of nitrogens with zero attached hydrogens (tertiary/aromatic N) is 3. The summed E-state index contributed by atoms with van der Waals surface area (Å²) in [6.07, 6.45) is 4.64. The van der Waals surface area contributed by atoms with Crippen LogP contribution in [0.3, 0.4) is 0 Å². The highest BCUT2D eigenvalue weighted by Gasteiger charge is 2.15. The zero-order chi connectivity index (χ0) is 14.1. The third-order valence-electron chi connectivity index (χ3n) is 2.70. The Kier molecular flexibility index (Phi) is 3.19. The van der Waals surface area contributed by atoms with Gasteiger partial charge in [0.15, 0.2) is 5.65 Å². The molecule has 0 saturated carbocycles. The predicted molar refractivity (Wildman–Crippen MR) is 75.0 cm³/mol. The first-order valence-electron chi connectivity index (χ1n) is 5.70. The van der Waals surface area contributed by atoms with E-state index < -0.39 is 11.7 Å². The molecule has 0 saturated heterocycles. The van der Waals surface area contributed by atoms with E-state index in [-0.39, 0.29) is 11.3 Å². The zero-order valence-corrected chi connectivity index (χ0v) is 11.6. The summed E-state index contributed by atoms with van der Waals surface area (Å²) in [5.74, 6) is -0.975. The van der Waals surface area contributed by atoms with Crippen molar-refractivity contribution in [2.45, 2.75) is 0 Å². The molecular formula is C13H8BrFN4O. The van der Waals surface area contributed by atoms with Crippen LogP contribution in [0.1, 0.15) is 10.4 Å². The lowest BCUT2D eigenvalue weighted by atomic mass is 10.2. The molecular weight excluding hydrogens is 327 g/mol. The Labute approximate surface area is 121 Å². The van der Waals surface area contributed by atoms with E-state index >= 15 is 0 Å². The first-order chi connectivity index (χ1) is 9.65. The molecule has 0 atom stereocenters. The molecule has 0 spiro atoms. The van der Waals surface area contributed by atoms with Gasteiger partial charge >= 0.3 is 0 Å². The Morgan fingerprint density at radius 3 is 3.05 bits per heavy atom. The second-order valence-electron chi connectivity index (χ2n) is 4.02. The highest BCUT2D eigenvalue weighted by atomic mass is 79.9. The molecule has 1 amide bonds. The van der Waals surface area contributed by atoms with Crippen LogP contribution < -0.4 is 5.32 Å². The quantitative estimate of drug-likeness (QED) is 0.783. The zero-order valence-electron chi connectivity index (χ0n) is 10.0. The maximum atomic E-state index is 13.7. The molecule has 3 rings (SSSR count). The number of anilines is 1. The number of aromatic nitrogens is 3. The minimum absolute atomic E-state index is 0.105. The Morgan fingerprint density at radius 1 is 1.40 bits per heavy atom. The number of nitrogens with one attached hydrogen (secondary N) is 1. The summed E-state index contributed by atoms with van der Waals surface area (Å²) < 4.78 is 15.8. The molecule has 100 valence electrons. The van der Waals surface area contributed by atoms with Crippen molar-refractivity contribution < 1.29 is 9.18 Å². The van der Waals surface area contributed by atoms with Crippen LogP contribution in [0.2, 0.25) is 0 Å². The van der Waals surface area contributed by atoms with Crippen molar-refractivity contribution in [3.05, 3.63) is 58.7 Å². The number of hydrogen-bond acceptors (Lipinski definition) is 3. The van der Waals surface area contributed by atoms with Gasteiger partial charge in [-0.15, -0.1) is 0 Å². The van der Waals surface area contributed by atoms with Gasteiger partial charge in [0.05, 0.1) is 11.9 Å². The minimum Gasteiger partial charge on any atom is -0.319 e. The average molecular weight is 335 g/mol. The third kappa shape index (κ3) is 2.27. The molecule has 0 bridgehead atoms. The summed E-state index contributed by atoms with van der Waals surface area (Å²) >= 11 is 3.16. The molecule has 0 unspecified atom stereocenters. The molecule has 20 heavy (non-hydrogen) atoms. The van der Waals surface area contributed by atoms with E-state index in [1.807, 2.05) is 0 Å². The van der Waals surface area contributed by atoms with Crippen molar-refractivity contribution in [3.63, 3.8) is 0 Å². The van der Waals surface area contributed by atoms with E-state index in [1.54, 1.807) is 24.5 Å². The van der Waals surface area contributed by atoms with Crippen LogP contribution in [0.25, 0.3) is 5.65 Å². The van der Waals surface area contributed by atoms with Gasteiger partial charge in [0, 0.05) is 16.9 Å². The van der Waals surface area contributed by atoms with Gasteiger partial charge in [0.25, 0.3) is 5.91 Å². The molecule has 1 aromatic carbocycles. The minimum atomic E-state index is -0.517. The van der Waals surface area contributed by atoms with E-state index in [2.05, 4.69) is 31.3 Å². The second-order valence-corrected chi connectivity index (χ2v) is 4.94.